The number of hydrogen-bond donors (Lipinski definition) is 2. The summed E-state index contributed by atoms with van der Waals surface area (Å²) in [5.41, 5.74) is -0.414. The first-order valence-electron chi connectivity index (χ1n) is 5.14. The molecule has 0 bridgehead atoms. The van der Waals surface area contributed by atoms with E-state index >= 15 is 0 Å². The van der Waals surface area contributed by atoms with Gasteiger partial charge in [0.05, 0.1) is 11.5 Å². The van der Waals surface area contributed by atoms with Crippen LogP contribution in [-0.2, 0) is 6.54 Å². The molecule has 0 unspecified atom stereocenters. The van der Waals surface area contributed by atoms with Crippen LogP contribution in [0.4, 0.5) is 10.1 Å². The molecular weight excluding hydrogens is 227 g/mol. The molecule has 0 fully saturated rings. The SMILES string of the molecule is CC(C)(CO)NCc1ccc([N+](=O)[O-])c(F)c1. The molecule has 0 saturated carbocycles. The first kappa shape index (κ1) is 13.5. The maximum Gasteiger partial charge on any atom is 0.304 e. The molecule has 0 aliphatic heterocycles. The predicted octanol–water partition coefficient (Wildman–Crippen LogP) is 1.59. The normalized spacial score (nSPS) is 11.5. The predicted molar refractivity (Wildman–Crippen MR) is 61.1 cm³/mol. The highest BCUT2D eigenvalue weighted by atomic mass is 19.1. The minimum atomic E-state index is -0.851. The molecule has 0 heterocycles. The second-order valence-electron chi connectivity index (χ2n) is 4.44. The third kappa shape index (κ3) is 3.76. The van der Waals surface area contributed by atoms with Gasteiger partial charge in [0.15, 0.2) is 0 Å². The number of nitrogens with zero attached hydrogens (tertiary/aromatic N) is 1. The highest BCUT2D eigenvalue weighted by molar-refractivity contribution is 5.34. The average Bonchev–Trinajstić information content (AvgIpc) is 2.26. The highest BCUT2D eigenvalue weighted by Gasteiger charge is 2.17. The van der Waals surface area contributed by atoms with Crippen LogP contribution in [-0.4, -0.2) is 22.2 Å². The van der Waals surface area contributed by atoms with E-state index in [1.54, 1.807) is 13.8 Å². The van der Waals surface area contributed by atoms with Crippen LogP contribution in [0.3, 0.4) is 0 Å². The molecule has 17 heavy (non-hydrogen) atoms. The van der Waals surface area contributed by atoms with Crippen molar-refractivity contribution in [1.82, 2.24) is 5.32 Å². The number of nitro groups is 1. The van der Waals surface area contributed by atoms with Gasteiger partial charge in [-0.15, -0.1) is 0 Å². The van der Waals surface area contributed by atoms with Crippen molar-refractivity contribution in [2.24, 2.45) is 0 Å². The first-order valence-corrected chi connectivity index (χ1v) is 5.14. The number of nitrogens with one attached hydrogen (secondary N) is 1. The first-order chi connectivity index (χ1) is 7.85. The molecule has 0 atom stereocenters. The monoisotopic (exact) mass is 242 g/mol. The summed E-state index contributed by atoms with van der Waals surface area (Å²) in [5.74, 6) is -0.851. The van der Waals surface area contributed by atoms with Crippen LogP contribution in [0.2, 0.25) is 0 Å². The number of aliphatic hydroxyl groups excluding tert-OH is 1. The zero-order valence-corrected chi connectivity index (χ0v) is 9.74. The Morgan fingerprint density at radius 2 is 2.18 bits per heavy atom. The van der Waals surface area contributed by atoms with Crippen molar-refractivity contribution < 1.29 is 14.4 Å². The largest absolute Gasteiger partial charge is 0.394 e. The Morgan fingerprint density at radius 3 is 2.65 bits per heavy atom. The lowest BCUT2D eigenvalue weighted by Gasteiger charge is -2.23. The van der Waals surface area contributed by atoms with Crippen molar-refractivity contribution in [1.29, 1.82) is 0 Å². The Labute approximate surface area is 98.4 Å². The summed E-state index contributed by atoms with van der Waals surface area (Å²) < 4.78 is 13.3. The van der Waals surface area contributed by atoms with E-state index in [-0.39, 0.29) is 6.61 Å². The Kier molecular flexibility index (Phi) is 4.14. The van der Waals surface area contributed by atoms with E-state index in [2.05, 4.69) is 5.32 Å². The fourth-order valence-corrected chi connectivity index (χ4v) is 1.21. The fourth-order valence-electron chi connectivity index (χ4n) is 1.21. The molecule has 0 aromatic heterocycles. The fraction of sp³-hybridized carbons (Fsp3) is 0.455. The molecule has 6 heteroatoms. The minimum Gasteiger partial charge on any atom is -0.394 e. The van der Waals surface area contributed by atoms with Crippen molar-refractivity contribution in [3.8, 4) is 0 Å². The quantitative estimate of drug-likeness (QED) is 0.607. The van der Waals surface area contributed by atoms with Crippen molar-refractivity contribution in [3.05, 3.63) is 39.7 Å². The summed E-state index contributed by atoms with van der Waals surface area (Å²) in [5, 5.41) is 22.4. The van der Waals surface area contributed by atoms with Gasteiger partial charge in [0.1, 0.15) is 0 Å². The van der Waals surface area contributed by atoms with E-state index in [9.17, 15) is 14.5 Å². The van der Waals surface area contributed by atoms with Crippen LogP contribution >= 0.6 is 0 Å². The van der Waals surface area contributed by atoms with Crippen LogP contribution < -0.4 is 5.32 Å². The lowest BCUT2D eigenvalue weighted by Crippen LogP contribution is -2.42. The Bertz CT molecular complexity index is 421. The molecule has 1 rings (SSSR count). The number of nitro benzene ring substituents is 1. The third-order valence-corrected chi connectivity index (χ3v) is 2.38. The number of benzene rings is 1. The van der Waals surface area contributed by atoms with Crippen molar-refractivity contribution in [2.75, 3.05) is 6.61 Å². The van der Waals surface area contributed by atoms with E-state index < -0.39 is 22.0 Å². The van der Waals surface area contributed by atoms with Crippen LogP contribution in [0.15, 0.2) is 18.2 Å². The Balaban J connectivity index is 2.75. The minimum absolute atomic E-state index is 0.0531. The number of rotatable bonds is 5. The summed E-state index contributed by atoms with van der Waals surface area (Å²) in [7, 11) is 0. The van der Waals surface area contributed by atoms with Gasteiger partial charge >= 0.3 is 5.69 Å². The second-order valence-corrected chi connectivity index (χ2v) is 4.44. The van der Waals surface area contributed by atoms with E-state index in [1.165, 1.54) is 6.07 Å². The highest BCUT2D eigenvalue weighted by Crippen LogP contribution is 2.18. The molecule has 0 aliphatic rings. The maximum atomic E-state index is 13.3. The summed E-state index contributed by atoms with van der Waals surface area (Å²) in [4.78, 5) is 9.65. The van der Waals surface area contributed by atoms with E-state index in [4.69, 9.17) is 5.11 Å². The molecule has 0 amide bonds. The van der Waals surface area contributed by atoms with Crippen LogP contribution in [0, 0.1) is 15.9 Å². The van der Waals surface area contributed by atoms with Gasteiger partial charge in [-0.25, -0.2) is 0 Å². The van der Waals surface area contributed by atoms with E-state index in [0.29, 0.717) is 12.1 Å². The van der Waals surface area contributed by atoms with Crippen LogP contribution in [0.1, 0.15) is 19.4 Å². The summed E-state index contributed by atoms with van der Waals surface area (Å²) in [6, 6.07) is 3.75. The maximum absolute atomic E-state index is 13.3. The summed E-state index contributed by atoms with van der Waals surface area (Å²) in [6.07, 6.45) is 0. The van der Waals surface area contributed by atoms with Crippen LogP contribution in [0.5, 0.6) is 0 Å². The van der Waals surface area contributed by atoms with Gasteiger partial charge in [-0.05, 0) is 25.5 Å². The zero-order chi connectivity index (χ0) is 13.1. The third-order valence-electron chi connectivity index (χ3n) is 2.38. The molecule has 2 N–H and O–H groups in total. The topological polar surface area (TPSA) is 75.4 Å². The molecule has 5 nitrogen and oxygen atoms in total. The molecule has 94 valence electrons. The average molecular weight is 242 g/mol. The van der Waals surface area contributed by atoms with Gasteiger partial charge in [-0.1, -0.05) is 6.07 Å². The smallest absolute Gasteiger partial charge is 0.304 e. The van der Waals surface area contributed by atoms with Gasteiger partial charge in [0.2, 0.25) is 5.82 Å². The number of halogens is 1. The van der Waals surface area contributed by atoms with E-state index in [0.717, 1.165) is 12.1 Å². The zero-order valence-electron chi connectivity index (χ0n) is 9.74. The van der Waals surface area contributed by atoms with Crippen molar-refractivity contribution >= 4 is 5.69 Å². The van der Waals surface area contributed by atoms with Gasteiger partial charge in [0.25, 0.3) is 0 Å². The standard InChI is InChI=1S/C11H15FN2O3/c1-11(2,7-15)13-6-8-3-4-10(14(16)17)9(12)5-8/h3-5,13,15H,6-7H2,1-2H3. The summed E-state index contributed by atoms with van der Waals surface area (Å²) in [6.45, 7) is 3.88. The van der Waals surface area contributed by atoms with E-state index in [1.807, 2.05) is 0 Å². The Hall–Kier alpha value is -1.53. The number of aliphatic hydroxyl groups is 1. The Morgan fingerprint density at radius 1 is 1.53 bits per heavy atom. The van der Waals surface area contributed by atoms with Gasteiger partial charge in [-0.2, -0.15) is 4.39 Å². The molecule has 0 radical (unpaired) electrons. The molecular formula is C11H15FN2O3. The molecule has 0 saturated heterocycles. The lowest BCUT2D eigenvalue weighted by atomic mass is 10.1. The van der Waals surface area contributed by atoms with Gasteiger partial charge < -0.3 is 10.4 Å². The number of hydrogen-bond acceptors (Lipinski definition) is 4. The second kappa shape index (κ2) is 5.20. The lowest BCUT2D eigenvalue weighted by molar-refractivity contribution is -0.387. The van der Waals surface area contributed by atoms with Crippen molar-refractivity contribution in [3.63, 3.8) is 0 Å². The van der Waals surface area contributed by atoms with Gasteiger partial charge in [-0.3, -0.25) is 10.1 Å². The molecule has 1 aromatic carbocycles. The molecule has 0 spiro atoms. The van der Waals surface area contributed by atoms with Crippen LogP contribution in [0.25, 0.3) is 0 Å². The summed E-state index contributed by atoms with van der Waals surface area (Å²) >= 11 is 0. The van der Waals surface area contributed by atoms with Gasteiger partial charge in [0, 0.05) is 18.2 Å². The molecule has 1 aromatic rings. The molecule has 0 aliphatic carbocycles. The van der Waals surface area contributed by atoms with Crippen molar-refractivity contribution in [2.45, 2.75) is 25.9 Å².